The first-order valence-corrected chi connectivity index (χ1v) is 9.21. The monoisotopic (exact) mass is 455 g/mol. The Balaban J connectivity index is 0.00000225. The molecule has 0 radical (unpaired) electrons. The average molecular weight is 455 g/mol. The molecule has 2 heterocycles. The van der Waals surface area contributed by atoms with Crippen molar-refractivity contribution in [2.24, 2.45) is 10.9 Å². The molecule has 3 rings (SSSR count). The first kappa shape index (κ1) is 20.0. The van der Waals surface area contributed by atoms with Crippen molar-refractivity contribution in [1.29, 1.82) is 0 Å². The summed E-state index contributed by atoms with van der Waals surface area (Å²) in [6.45, 7) is 9.47. The molecule has 0 aliphatic carbocycles. The molecule has 2 aromatic rings. The van der Waals surface area contributed by atoms with E-state index in [0.29, 0.717) is 0 Å². The third-order valence-corrected chi connectivity index (χ3v) is 4.76. The summed E-state index contributed by atoms with van der Waals surface area (Å²) in [6, 6.07) is 8.29. The highest BCUT2D eigenvalue weighted by Crippen LogP contribution is 2.16. The third-order valence-electron chi connectivity index (χ3n) is 4.76. The van der Waals surface area contributed by atoms with Gasteiger partial charge in [-0.05, 0) is 44.2 Å². The standard InChI is InChI=1S/C19H29N5.HI/c1-3-20-19(23-13-9-16(2)10-14-23)21-11-6-12-24-15-22-17-7-4-5-8-18(17)24;/h4-5,7-8,15-16H,3,6,9-14H2,1-2H3,(H,20,21);1H. The van der Waals surface area contributed by atoms with E-state index in [1.54, 1.807) is 0 Å². The highest BCUT2D eigenvalue weighted by atomic mass is 127. The summed E-state index contributed by atoms with van der Waals surface area (Å²) in [6.07, 6.45) is 5.50. The van der Waals surface area contributed by atoms with Crippen molar-refractivity contribution in [2.45, 2.75) is 39.7 Å². The molecule has 6 heteroatoms. The van der Waals surface area contributed by atoms with Crippen LogP contribution in [0.4, 0.5) is 0 Å². The SMILES string of the molecule is CCNC(=NCCCn1cnc2ccccc21)N1CCC(C)CC1.I. The quantitative estimate of drug-likeness (QED) is 0.324. The number of aryl methyl sites for hydroxylation is 1. The van der Waals surface area contributed by atoms with Gasteiger partial charge in [-0.2, -0.15) is 0 Å². The lowest BCUT2D eigenvalue weighted by atomic mass is 10.00. The van der Waals surface area contributed by atoms with Crippen LogP contribution in [0.15, 0.2) is 35.6 Å². The van der Waals surface area contributed by atoms with Crippen LogP contribution in [0.5, 0.6) is 0 Å². The Kier molecular flexibility index (Phi) is 7.99. The number of halogens is 1. The molecular formula is C19H30IN5. The number of hydrogen-bond acceptors (Lipinski definition) is 2. The molecule has 0 spiro atoms. The molecule has 1 aliphatic heterocycles. The maximum absolute atomic E-state index is 4.84. The van der Waals surface area contributed by atoms with Crippen LogP contribution in [0.1, 0.15) is 33.1 Å². The van der Waals surface area contributed by atoms with Gasteiger partial charge in [0.05, 0.1) is 17.4 Å². The van der Waals surface area contributed by atoms with Crippen molar-refractivity contribution in [3.63, 3.8) is 0 Å². The predicted molar refractivity (Wildman–Crippen MR) is 116 cm³/mol. The number of hydrogen-bond donors (Lipinski definition) is 1. The van der Waals surface area contributed by atoms with E-state index in [1.165, 1.54) is 18.4 Å². The summed E-state index contributed by atoms with van der Waals surface area (Å²) < 4.78 is 2.22. The summed E-state index contributed by atoms with van der Waals surface area (Å²) in [5.74, 6) is 1.93. The maximum Gasteiger partial charge on any atom is 0.193 e. The molecule has 0 amide bonds. The van der Waals surface area contributed by atoms with E-state index in [0.717, 1.165) is 56.5 Å². The molecule has 1 fully saturated rings. The van der Waals surface area contributed by atoms with Crippen LogP contribution < -0.4 is 5.32 Å². The highest BCUT2D eigenvalue weighted by molar-refractivity contribution is 14.0. The molecule has 25 heavy (non-hydrogen) atoms. The van der Waals surface area contributed by atoms with Gasteiger partial charge in [0.15, 0.2) is 5.96 Å². The maximum atomic E-state index is 4.84. The van der Waals surface area contributed by atoms with Crippen molar-refractivity contribution < 1.29 is 0 Å². The van der Waals surface area contributed by atoms with Gasteiger partial charge in [-0.15, -0.1) is 24.0 Å². The summed E-state index contributed by atoms with van der Waals surface area (Å²) in [4.78, 5) is 11.7. The summed E-state index contributed by atoms with van der Waals surface area (Å²) >= 11 is 0. The van der Waals surface area contributed by atoms with Gasteiger partial charge in [0, 0.05) is 32.7 Å². The van der Waals surface area contributed by atoms with Gasteiger partial charge in [-0.1, -0.05) is 19.1 Å². The summed E-state index contributed by atoms with van der Waals surface area (Å²) in [5.41, 5.74) is 2.27. The second-order valence-corrected chi connectivity index (χ2v) is 6.69. The molecule has 0 unspecified atom stereocenters. The average Bonchev–Trinajstić information content (AvgIpc) is 3.02. The highest BCUT2D eigenvalue weighted by Gasteiger charge is 2.18. The Bertz CT molecular complexity index is 673. The molecule has 1 saturated heterocycles. The molecule has 1 aromatic heterocycles. The van der Waals surface area contributed by atoms with E-state index in [-0.39, 0.29) is 24.0 Å². The van der Waals surface area contributed by atoms with Crippen LogP contribution in [0.2, 0.25) is 0 Å². The molecule has 1 aromatic carbocycles. The molecule has 1 N–H and O–H groups in total. The lowest BCUT2D eigenvalue weighted by Crippen LogP contribution is -2.45. The lowest BCUT2D eigenvalue weighted by molar-refractivity contribution is 0.273. The van der Waals surface area contributed by atoms with E-state index >= 15 is 0 Å². The van der Waals surface area contributed by atoms with Gasteiger partial charge in [-0.3, -0.25) is 4.99 Å². The van der Waals surface area contributed by atoms with Crippen molar-refractivity contribution in [2.75, 3.05) is 26.2 Å². The van der Waals surface area contributed by atoms with Crippen LogP contribution in [0, 0.1) is 5.92 Å². The second kappa shape index (κ2) is 9.99. The Morgan fingerprint density at radius 3 is 2.80 bits per heavy atom. The zero-order valence-corrected chi connectivity index (χ0v) is 17.6. The molecular weight excluding hydrogens is 425 g/mol. The zero-order valence-electron chi connectivity index (χ0n) is 15.3. The number of nitrogens with one attached hydrogen (secondary N) is 1. The zero-order chi connectivity index (χ0) is 16.8. The Labute approximate surface area is 167 Å². The smallest absolute Gasteiger partial charge is 0.193 e. The van der Waals surface area contributed by atoms with Crippen LogP contribution in [-0.4, -0.2) is 46.6 Å². The molecule has 5 nitrogen and oxygen atoms in total. The molecule has 1 aliphatic rings. The fraction of sp³-hybridized carbons (Fsp3) is 0.579. The number of aliphatic imine (C=N–C) groups is 1. The largest absolute Gasteiger partial charge is 0.357 e. The number of para-hydroxylation sites is 2. The number of nitrogens with zero attached hydrogens (tertiary/aromatic N) is 4. The van der Waals surface area contributed by atoms with Gasteiger partial charge >= 0.3 is 0 Å². The van der Waals surface area contributed by atoms with Crippen molar-refractivity contribution >= 4 is 41.0 Å². The van der Waals surface area contributed by atoms with Gasteiger partial charge in [0.1, 0.15) is 0 Å². The van der Waals surface area contributed by atoms with E-state index in [1.807, 2.05) is 12.4 Å². The fourth-order valence-electron chi connectivity index (χ4n) is 3.26. The molecule has 0 saturated carbocycles. The van der Waals surface area contributed by atoms with Gasteiger partial charge in [0.2, 0.25) is 0 Å². The number of likely N-dealkylation sites (tertiary alicyclic amines) is 1. The normalized spacial score (nSPS) is 16.1. The minimum Gasteiger partial charge on any atom is -0.357 e. The Hall–Kier alpha value is -1.31. The van der Waals surface area contributed by atoms with E-state index in [2.05, 4.69) is 51.8 Å². The lowest BCUT2D eigenvalue weighted by Gasteiger charge is -2.33. The molecule has 0 bridgehead atoms. The number of imidazole rings is 1. The van der Waals surface area contributed by atoms with Crippen molar-refractivity contribution in [3.05, 3.63) is 30.6 Å². The van der Waals surface area contributed by atoms with Crippen LogP contribution in [0.25, 0.3) is 11.0 Å². The number of benzene rings is 1. The number of piperidine rings is 1. The Morgan fingerprint density at radius 2 is 2.04 bits per heavy atom. The fourth-order valence-corrected chi connectivity index (χ4v) is 3.26. The Morgan fingerprint density at radius 1 is 1.28 bits per heavy atom. The van der Waals surface area contributed by atoms with Gasteiger partial charge in [0.25, 0.3) is 0 Å². The minimum atomic E-state index is 0. The van der Waals surface area contributed by atoms with Gasteiger partial charge in [-0.25, -0.2) is 4.98 Å². The van der Waals surface area contributed by atoms with Crippen LogP contribution in [0.3, 0.4) is 0 Å². The van der Waals surface area contributed by atoms with E-state index < -0.39 is 0 Å². The first-order valence-electron chi connectivity index (χ1n) is 9.21. The molecule has 138 valence electrons. The number of rotatable bonds is 5. The van der Waals surface area contributed by atoms with E-state index in [9.17, 15) is 0 Å². The topological polar surface area (TPSA) is 45.5 Å². The van der Waals surface area contributed by atoms with Crippen LogP contribution >= 0.6 is 24.0 Å². The minimum absolute atomic E-state index is 0. The first-order chi connectivity index (χ1) is 11.8. The molecule has 0 atom stereocenters. The van der Waals surface area contributed by atoms with Gasteiger partial charge < -0.3 is 14.8 Å². The number of fused-ring (bicyclic) bond motifs is 1. The summed E-state index contributed by atoms with van der Waals surface area (Å²) in [7, 11) is 0. The third kappa shape index (κ3) is 5.33. The predicted octanol–water partition coefficient (Wildman–Crippen LogP) is 3.74. The number of guanidine groups is 1. The van der Waals surface area contributed by atoms with Crippen LogP contribution in [-0.2, 0) is 6.54 Å². The van der Waals surface area contributed by atoms with E-state index in [4.69, 9.17) is 4.99 Å². The van der Waals surface area contributed by atoms with Crippen molar-refractivity contribution in [1.82, 2.24) is 19.8 Å². The van der Waals surface area contributed by atoms with Crippen molar-refractivity contribution in [3.8, 4) is 0 Å². The number of aromatic nitrogens is 2. The second-order valence-electron chi connectivity index (χ2n) is 6.69. The summed E-state index contributed by atoms with van der Waals surface area (Å²) in [5, 5.41) is 3.45.